The fraction of sp³-hybridized carbons (Fsp3) is 0.560. The lowest BCUT2D eigenvalue weighted by Crippen LogP contribution is -2.48. The Bertz CT molecular complexity index is 869. The number of rotatable bonds is 11. The standard InChI is InChI=1S/C25H36N2O4S/c1-5-26(14-20(28)16-30-18(2)3)15-25(29)27-12-10-24-21(11-13-32-24)22(27)17-31-23-9-7-6-8-19(23)4/h6-9,11,13,18,20,22,28H,5,10,12,14-17H2,1-4H3/t20-,22+/m0/s1. The maximum absolute atomic E-state index is 13.4. The van der Waals surface area contributed by atoms with Crippen LogP contribution in [0.4, 0.5) is 0 Å². The Morgan fingerprint density at radius 3 is 2.81 bits per heavy atom. The summed E-state index contributed by atoms with van der Waals surface area (Å²) in [5.41, 5.74) is 2.28. The molecule has 0 aliphatic carbocycles. The minimum absolute atomic E-state index is 0.0686. The van der Waals surface area contributed by atoms with E-state index in [0.29, 0.717) is 26.2 Å². The van der Waals surface area contributed by atoms with Gasteiger partial charge in [-0.25, -0.2) is 0 Å². The molecule has 0 radical (unpaired) electrons. The zero-order valence-corrected chi connectivity index (χ0v) is 20.4. The average Bonchev–Trinajstić information content (AvgIpc) is 3.25. The van der Waals surface area contributed by atoms with Crippen LogP contribution in [0.2, 0.25) is 0 Å². The molecule has 32 heavy (non-hydrogen) atoms. The third-order valence-electron chi connectivity index (χ3n) is 5.80. The number of benzene rings is 1. The highest BCUT2D eigenvalue weighted by atomic mass is 32.1. The van der Waals surface area contributed by atoms with Crippen LogP contribution in [-0.4, -0.2) is 72.4 Å². The molecule has 176 valence electrons. The Balaban J connectivity index is 1.66. The molecule has 7 heteroatoms. The van der Waals surface area contributed by atoms with E-state index in [-0.39, 0.29) is 31.2 Å². The Hall–Kier alpha value is -1.93. The van der Waals surface area contributed by atoms with Crippen molar-refractivity contribution in [1.29, 1.82) is 0 Å². The van der Waals surface area contributed by atoms with Crippen molar-refractivity contribution in [2.24, 2.45) is 0 Å². The van der Waals surface area contributed by atoms with E-state index in [1.54, 1.807) is 11.3 Å². The molecule has 1 N–H and O–H groups in total. The highest BCUT2D eigenvalue weighted by molar-refractivity contribution is 7.10. The summed E-state index contributed by atoms with van der Waals surface area (Å²) in [6, 6.07) is 9.98. The minimum atomic E-state index is -0.616. The van der Waals surface area contributed by atoms with Gasteiger partial charge in [-0.3, -0.25) is 9.69 Å². The second-order valence-corrected chi connectivity index (χ2v) is 9.59. The summed E-state index contributed by atoms with van der Waals surface area (Å²) in [6.07, 6.45) is 0.329. The van der Waals surface area contributed by atoms with E-state index in [0.717, 1.165) is 17.7 Å². The lowest BCUT2D eigenvalue weighted by molar-refractivity contribution is -0.136. The molecule has 1 aromatic carbocycles. The number of aryl methyl sites for hydroxylation is 1. The summed E-state index contributed by atoms with van der Waals surface area (Å²) in [5, 5.41) is 12.4. The number of amides is 1. The number of nitrogens with zero attached hydrogens (tertiary/aromatic N) is 2. The molecule has 0 saturated heterocycles. The monoisotopic (exact) mass is 460 g/mol. The maximum Gasteiger partial charge on any atom is 0.237 e. The van der Waals surface area contributed by atoms with E-state index >= 15 is 0 Å². The molecule has 1 aliphatic heterocycles. The van der Waals surface area contributed by atoms with Crippen molar-refractivity contribution in [3.05, 3.63) is 51.7 Å². The van der Waals surface area contributed by atoms with Crippen LogP contribution in [0.1, 0.15) is 42.8 Å². The fourth-order valence-corrected chi connectivity index (χ4v) is 4.93. The summed E-state index contributed by atoms with van der Waals surface area (Å²) >= 11 is 1.75. The van der Waals surface area contributed by atoms with Gasteiger partial charge in [0, 0.05) is 18.0 Å². The van der Waals surface area contributed by atoms with Gasteiger partial charge < -0.3 is 19.5 Å². The van der Waals surface area contributed by atoms with Gasteiger partial charge in [0.05, 0.1) is 31.4 Å². The highest BCUT2D eigenvalue weighted by Crippen LogP contribution is 2.34. The zero-order valence-electron chi connectivity index (χ0n) is 19.6. The molecule has 6 nitrogen and oxygen atoms in total. The number of ether oxygens (including phenoxy) is 2. The first-order chi connectivity index (χ1) is 15.4. The molecule has 2 atom stereocenters. The van der Waals surface area contributed by atoms with Gasteiger partial charge >= 0.3 is 0 Å². The largest absolute Gasteiger partial charge is 0.491 e. The summed E-state index contributed by atoms with van der Waals surface area (Å²) in [4.78, 5) is 18.6. The van der Waals surface area contributed by atoms with Gasteiger partial charge in [-0.1, -0.05) is 25.1 Å². The average molecular weight is 461 g/mol. The van der Waals surface area contributed by atoms with Crippen LogP contribution in [0, 0.1) is 6.92 Å². The van der Waals surface area contributed by atoms with E-state index in [4.69, 9.17) is 9.47 Å². The minimum Gasteiger partial charge on any atom is -0.491 e. The van der Waals surface area contributed by atoms with Gasteiger partial charge in [0.1, 0.15) is 12.4 Å². The second-order valence-electron chi connectivity index (χ2n) is 8.59. The van der Waals surface area contributed by atoms with E-state index in [1.165, 1.54) is 10.4 Å². The van der Waals surface area contributed by atoms with Crippen LogP contribution in [0.25, 0.3) is 0 Å². The van der Waals surface area contributed by atoms with E-state index in [2.05, 4.69) is 11.4 Å². The number of carbonyl (C=O) groups is 1. The van der Waals surface area contributed by atoms with Crippen molar-refractivity contribution in [2.75, 3.05) is 39.4 Å². The molecule has 2 heterocycles. The molecule has 0 spiro atoms. The van der Waals surface area contributed by atoms with Crippen molar-refractivity contribution in [3.63, 3.8) is 0 Å². The fourth-order valence-electron chi connectivity index (χ4n) is 4.00. The van der Waals surface area contributed by atoms with Crippen LogP contribution in [0.3, 0.4) is 0 Å². The lowest BCUT2D eigenvalue weighted by atomic mass is 10.0. The van der Waals surface area contributed by atoms with E-state index in [9.17, 15) is 9.90 Å². The molecule has 0 saturated carbocycles. The number of hydrogen-bond acceptors (Lipinski definition) is 6. The van der Waals surface area contributed by atoms with Gasteiger partial charge in [0.15, 0.2) is 0 Å². The summed E-state index contributed by atoms with van der Waals surface area (Å²) in [7, 11) is 0. The first-order valence-electron chi connectivity index (χ1n) is 11.4. The zero-order chi connectivity index (χ0) is 23.1. The molecule has 0 fully saturated rings. The molecule has 3 rings (SSSR count). The Labute approximate surface area is 195 Å². The number of likely N-dealkylation sites (N-methyl/N-ethyl adjacent to an activating group) is 1. The first-order valence-corrected chi connectivity index (χ1v) is 12.3. The summed E-state index contributed by atoms with van der Waals surface area (Å²) < 4.78 is 11.7. The van der Waals surface area contributed by atoms with Gasteiger partial charge in [0.2, 0.25) is 5.91 Å². The van der Waals surface area contributed by atoms with Crippen LogP contribution in [0.15, 0.2) is 35.7 Å². The van der Waals surface area contributed by atoms with E-state index < -0.39 is 6.10 Å². The van der Waals surface area contributed by atoms with Crippen molar-refractivity contribution in [3.8, 4) is 5.75 Å². The Morgan fingerprint density at radius 2 is 2.09 bits per heavy atom. The molecule has 2 aromatic rings. The highest BCUT2D eigenvalue weighted by Gasteiger charge is 2.33. The molecule has 0 unspecified atom stereocenters. The van der Waals surface area contributed by atoms with Gasteiger partial charge in [-0.05, 0) is 62.4 Å². The number of aliphatic hydroxyl groups is 1. The predicted octanol–water partition coefficient (Wildman–Crippen LogP) is 3.67. The van der Waals surface area contributed by atoms with Gasteiger partial charge in [-0.15, -0.1) is 11.3 Å². The number of para-hydroxylation sites is 1. The van der Waals surface area contributed by atoms with Crippen molar-refractivity contribution in [2.45, 2.75) is 52.4 Å². The van der Waals surface area contributed by atoms with Crippen LogP contribution >= 0.6 is 11.3 Å². The molecular formula is C25H36N2O4S. The number of hydrogen-bond donors (Lipinski definition) is 1. The summed E-state index contributed by atoms with van der Waals surface area (Å²) in [6.45, 7) is 10.7. The normalized spacial score (nSPS) is 17.0. The number of carbonyl (C=O) groups excluding carboxylic acids is 1. The lowest BCUT2D eigenvalue weighted by Gasteiger charge is -2.37. The molecule has 0 bridgehead atoms. The number of thiophene rings is 1. The predicted molar refractivity (Wildman–Crippen MR) is 128 cm³/mol. The quantitative estimate of drug-likeness (QED) is 0.554. The molecule has 1 aromatic heterocycles. The van der Waals surface area contributed by atoms with Gasteiger partial charge in [0.25, 0.3) is 0 Å². The smallest absolute Gasteiger partial charge is 0.237 e. The van der Waals surface area contributed by atoms with Gasteiger partial charge in [-0.2, -0.15) is 0 Å². The first kappa shape index (κ1) is 24.7. The summed E-state index contributed by atoms with van der Waals surface area (Å²) in [5.74, 6) is 0.921. The molecule has 1 aliphatic rings. The van der Waals surface area contributed by atoms with Crippen molar-refractivity contribution in [1.82, 2.24) is 9.80 Å². The Morgan fingerprint density at radius 1 is 1.31 bits per heavy atom. The van der Waals surface area contributed by atoms with Crippen molar-refractivity contribution >= 4 is 17.2 Å². The number of fused-ring (bicyclic) bond motifs is 1. The van der Waals surface area contributed by atoms with E-state index in [1.807, 2.05) is 61.8 Å². The van der Waals surface area contributed by atoms with Crippen LogP contribution < -0.4 is 4.74 Å². The third-order valence-corrected chi connectivity index (χ3v) is 6.80. The third kappa shape index (κ3) is 6.54. The van der Waals surface area contributed by atoms with Crippen molar-refractivity contribution < 1.29 is 19.4 Å². The molecular weight excluding hydrogens is 424 g/mol. The van der Waals surface area contributed by atoms with Crippen LogP contribution in [0.5, 0.6) is 5.75 Å². The Kier molecular flexibility index (Phi) is 9.11. The second kappa shape index (κ2) is 11.8. The maximum atomic E-state index is 13.4. The SMILES string of the molecule is CCN(CC(=O)N1CCc2sccc2[C@H]1COc1ccccc1C)C[C@H](O)COC(C)C. The van der Waals surface area contributed by atoms with Crippen LogP contribution in [-0.2, 0) is 16.0 Å². The molecule has 1 amide bonds. The number of aliphatic hydroxyl groups excluding tert-OH is 1. The topological polar surface area (TPSA) is 62.2 Å².